The fourth-order valence-electron chi connectivity index (χ4n) is 15.9. The molecule has 0 aromatic carbocycles. The highest BCUT2D eigenvalue weighted by molar-refractivity contribution is 7.47. The molecule has 3 aliphatic rings. The zero-order valence-corrected chi connectivity index (χ0v) is 74.9. The van der Waals surface area contributed by atoms with Gasteiger partial charge in [-0.1, -0.05) is 354 Å². The van der Waals surface area contributed by atoms with Gasteiger partial charge in [-0.05, 0) is 51.4 Å². The van der Waals surface area contributed by atoms with Gasteiger partial charge in [0.05, 0.1) is 13.2 Å². The van der Waals surface area contributed by atoms with Crippen LogP contribution in [0.1, 0.15) is 419 Å². The van der Waals surface area contributed by atoms with Crippen molar-refractivity contribution in [3.05, 3.63) is 12.2 Å². The number of allylic oxidation sites excluding steroid dienone is 2. The monoisotopic (exact) mass is 1710 g/mol. The van der Waals surface area contributed by atoms with Crippen LogP contribution in [0.15, 0.2) is 12.2 Å². The molecule has 25 nitrogen and oxygen atoms in total. The molecular weight excluding hydrogens is 1540 g/mol. The van der Waals surface area contributed by atoms with Crippen LogP contribution in [0.5, 0.6) is 0 Å². The summed E-state index contributed by atoms with van der Waals surface area (Å²) in [5.74, 6) is -2.97. The predicted molar refractivity (Wildman–Crippen MR) is 458 cm³/mol. The first-order valence-corrected chi connectivity index (χ1v) is 49.4. The molecule has 18 atom stereocenters. The molecule has 1 saturated carbocycles. The van der Waals surface area contributed by atoms with Crippen LogP contribution in [0.4, 0.5) is 0 Å². The van der Waals surface area contributed by atoms with Crippen LogP contribution in [-0.4, -0.2) is 205 Å². The van der Waals surface area contributed by atoms with Crippen molar-refractivity contribution in [3.8, 4) is 0 Å². The van der Waals surface area contributed by atoms with Crippen molar-refractivity contribution in [1.29, 1.82) is 0 Å². The summed E-state index contributed by atoms with van der Waals surface area (Å²) in [5.41, 5.74) is 0. The standard InChI is InChI=1S/C92H171O25P/c1-5-9-13-17-21-25-29-33-36-39-43-46-50-54-58-62-66-77(96)111-72(69-108-75(94)64-60-56-52-48-44-40-32-28-24-20-16-12-8-4)70-110-118(106,107)117-90-88(115-91-85(104)81(100)79(98)73(68-93)112-91)84(103)83(102)87(114-78(97)67-63-59-55-51-47-42-38-35-31-27-23-19-15-11-7-3)89(90)116-92-86(105)82(101)80(99)74(113-92)71-109-76(95)65-61-57-53-49-45-41-37-34-30-26-22-18-14-10-6-2/h40,44,72-74,79-93,98-105H,5-39,41-43,45-71H2,1-4H3,(H,106,107)/b44-40-. The van der Waals surface area contributed by atoms with Gasteiger partial charge in [-0.3, -0.25) is 28.2 Å². The molecule has 2 aliphatic heterocycles. The summed E-state index contributed by atoms with van der Waals surface area (Å²) in [6.45, 7) is 5.61. The van der Waals surface area contributed by atoms with Crippen LogP contribution in [0.3, 0.4) is 0 Å². The Labute approximate surface area is 712 Å². The van der Waals surface area contributed by atoms with Crippen LogP contribution in [0.25, 0.3) is 0 Å². The van der Waals surface area contributed by atoms with Gasteiger partial charge < -0.3 is 88.7 Å². The van der Waals surface area contributed by atoms with Crippen LogP contribution in [0.2, 0.25) is 0 Å². The molecule has 694 valence electrons. The zero-order chi connectivity index (χ0) is 86.1. The van der Waals surface area contributed by atoms with Crippen LogP contribution < -0.4 is 0 Å². The van der Waals surface area contributed by atoms with Crippen LogP contribution in [0, 0.1) is 0 Å². The summed E-state index contributed by atoms with van der Waals surface area (Å²) in [7, 11) is -5.81. The van der Waals surface area contributed by atoms with E-state index >= 15 is 0 Å². The maximum atomic E-state index is 14.9. The van der Waals surface area contributed by atoms with Gasteiger partial charge in [-0.2, -0.15) is 0 Å². The number of aliphatic hydroxyl groups is 9. The summed E-state index contributed by atoms with van der Waals surface area (Å²) in [6.07, 6.45) is 30.5. The molecule has 0 radical (unpaired) electrons. The molecule has 0 spiro atoms. The number of ether oxygens (including phenoxy) is 8. The minimum absolute atomic E-state index is 0.0168. The molecule has 10 N–H and O–H groups in total. The van der Waals surface area contributed by atoms with E-state index in [9.17, 15) is 74.6 Å². The van der Waals surface area contributed by atoms with E-state index in [1.807, 2.05) is 0 Å². The number of carbonyl (C=O) groups is 4. The first kappa shape index (κ1) is 109. The first-order chi connectivity index (χ1) is 57.2. The summed E-state index contributed by atoms with van der Waals surface area (Å²) >= 11 is 0. The highest BCUT2D eigenvalue weighted by atomic mass is 31.2. The van der Waals surface area contributed by atoms with Crippen LogP contribution in [-0.2, 0) is 70.7 Å². The van der Waals surface area contributed by atoms with Crippen molar-refractivity contribution >= 4 is 31.7 Å². The van der Waals surface area contributed by atoms with E-state index in [1.54, 1.807) is 0 Å². The first-order valence-electron chi connectivity index (χ1n) is 47.9. The second kappa shape index (κ2) is 71.4. The molecule has 26 heteroatoms. The number of hydrogen-bond acceptors (Lipinski definition) is 24. The minimum Gasteiger partial charge on any atom is -0.463 e. The molecule has 18 unspecified atom stereocenters. The van der Waals surface area contributed by atoms with Gasteiger partial charge in [-0.25, -0.2) is 4.57 Å². The Balaban J connectivity index is 1.91. The van der Waals surface area contributed by atoms with E-state index in [4.69, 9.17) is 46.9 Å². The Bertz CT molecular complexity index is 2500. The largest absolute Gasteiger partial charge is 0.472 e. The van der Waals surface area contributed by atoms with Gasteiger partial charge in [0.1, 0.15) is 92.6 Å². The van der Waals surface area contributed by atoms with Crippen LogP contribution >= 0.6 is 7.82 Å². The van der Waals surface area contributed by atoms with E-state index < -0.39 is 162 Å². The summed E-state index contributed by atoms with van der Waals surface area (Å²) < 4.78 is 73.5. The van der Waals surface area contributed by atoms with Gasteiger partial charge in [0.25, 0.3) is 0 Å². The lowest BCUT2D eigenvalue weighted by atomic mass is 9.84. The second-order valence-corrected chi connectivity index (χ2v) is 35.6. The number of unbranched alkanes of at least 4 members (excludes halogenated alkanes) is 52. The third-order valence-electron chi connectivity index (χ3n) is 23.5. The van der Waals surface area contributed by atoms with Crippen molar-refractivity contribution in [2.45, 2.75) is 524 Å². The van der Waals surface area contributed by atoms with Gasteiger partial charge in [0.2, 0.25) is 0 Å². The Morgan fingerprint density at radius 1 is 0.331 bits per heavy atom. The lowest BCUT2D eigenvalue weighted by Crippen LogP contribution is -2.70. The molecule has 0 amide bonds. The van der Waals surface area contributed by atoms with E-state index in [1.165, 1.54) is 205 Å². The van der Waals surface area contributed by atoms with Crippen molar-refractivity contribution in [2.24, 2.45) is 0 Å². The Kier molecular flexibility index (Phi) is 66.2. The Morgan fingerprint density at radius 3 is 1.02 bits per heavy atom. The lowest BCUT2D eigenvalue weighted by molar-refractivity contribution is -0.360. The molecule has 2 heterocycles. The molecule has 118 heavy (non-hydrogen) atoms. The number of esters is 4. The summed E-state index contributed by atoms with van der Waals surface area (Å²) in [4.78, 5) is 66.5. The Morgan fingerprint density at radius 2 is 0.636 bits per heavy atom. The number of aliphatic hydroxyl groups excluding tert-OH is 9. The lowest BCUT2D eigenvalue weighted by Gasteiger charge is -2.50. The molecule has 2 saturated heterocycles. The van der Waals surface area contributed by atoms with Crippen molar-refractivity contribution in [3.63, 3.8) is 0 Å². The SMILES string of the molecule is CCCCCCCC/C=C\CCCCCC(=O)OCC(COP(=O)(O)OC1C(OC2OC(CO)C(O)C(O)C2O)C(O)C(O)C(OC(=O)CCCCCCCCCCCCCCCCC)C1OC1OC(COC(=O)CCCCCCCCCCCCCCCCC)C(O)C(O)C1O)OC(=O)CCCCCCCCCCCCCCCCCC. The fourth-order valence-corrected chi connectivity index (χ4v) is 16.9. The molecule has 3 fully saturated rings. The highest BCUT2D eigenvalue weighted by Crippen LogP contribution is 2.49. The Hall–Kier alpha value is -2.79. The highest BCUT2D eigenvalue weighted by Gasteiger charge is 2.60. The van der Waals surface area contributed by atoms with E-state index in [0.29, 0.717) is 32.1 Å². The fraction of sp³-hybridized carbons (Fsp3) is 0.935. The number of carbonyl (C=O) groups excluding carboxylic acids is 4. The molecular formula is C92H171O25P. The molecule has 3 rings (SSSR count). The normalized spacial score (nSPS) is 24.9. The van der Waals surface area contributed by atoms with Crippen molar-refractivity contribution in [1.82, 2.24) is 0 Å². The number of phosphoric ester groups is 1. The summed E-state index contributed by atoms with van der Waals surface area (Å²) in [6, 6.07) is 0. The maximum Gasteiger partial charge on any atom is 0.472 e. The minimum atomic E-state index is -5.81. The second-order valence-electron chi connectivity index (χ2n) is 34.2. The van der Waals surface area contributed by atoms with Crippen molar-refractivity contribution in [2.75, 3.05) is 26.4 Å². The third kappa shape index (κ3) is 51.0. The maximum absolute atomic E-state index is 14.9. The quantitative estimate of drug-likeness (QED) is 0.00889. The van der Waals surface area contributed by atoms with Gasteiger partial charge >= 0.3 is 31.7 Å². The zero-order valence-electron chi connectivity index (χ0n) is 74.0. The van der Waals surface area contributed by atoms with Crippen molar-refractivity contribution < 1.29 is 122 Å². The smallest absolute Gasteiger partial charge is 0.463 e. The number of rotatable bonds is 78. The average molecular weight is 1710 g/mol. The van der Waals surface area contributed by atoms with Gasteiger partial charge in [-0.15, -0.1) is 0 Å². The van der Waals surface area contributed by atoms with Gasteiger partial charge in [0.15, 0.2) is 24.8 Å². The average Bonchev–Trinajstić information content (AvgIpc) is 0.754. The van der Waals surface area contributed by atoms with E-state index in [2.05, 4.69) is 39.8 Å². The van der Waals surface area contributed by atoms with E-state index in [0.717, 1.165) is 128 Å². The topological polar surface area (TPSA) is 380 Å². The summed E-state index contributed by atoms with van der Waals surface area (Å²) in [5, 5.41) is 102. The van der Waals surface area contributed by atoms with E-state index in [-0.39, 0.29) is 25.7 Å². The van der Waals surface area contributed by atoms with Gasteiger partial charge in [0, 0.05) is 25.7 Å². The number of hydrogen-bond donors (Lipinski definition) is 10. The predicted octanol–water partition coefficient (Wildman–Crippen LogP) is 17.9. The molecule has 0 aromatic rings. The molecule has 1 aliphatic carbocycles. The number of phosphoric acid groups is 1. The molecule has 0 bridgehead atoms. The molecule has 0 aromatic heterocycles. The third-order valence-corrected chi connectivity index (χ3v) is 24.5.